The van der Waals surface area contributed by atoms with Gasteiger partial charge in [-0.1, -0.05) is 6.07 Å². The number of nitrogens with one attached hydrogen (secondary N) is 2. The first-order valence-electron chi connectivity index (χ1n) is 6.64. The van der Waals surface area contributed by atoms with Crippen LogP contribution in [-0.4, -0.2) is 14.4 Å². The number of hydrogen-bond donors (Lipinski definition) is 2. The third kappa shape index (κ3) is 2.62. The van der Waals surface area contributed by atoms with Crippen molar-refractivity contribution < 1.29 is 13.2 Å². The molecule has 0 heterocycles. The quantitative estimate of drug-likeness (QED) is 0.822. The highest BCUT2D eigenvalue weighted by Crippen LogP contribution is 2.38. The Bertz CT molecular complexity index is 653. The summed E-state index contributed by atoms with van der Waals surface area (Å²) >= 11 is 0. The van der Waals surface area contributed by atoms with Crippen LogP contribution in [0.15, 0.2) is 6.07 Å². The summed E-state index contributed by atoms with van der Waals surface area (Å²) in [6.45, 7) is 0. The first kappa shape index (κ1) is 13.7. The molecule has 0 aliphatic heterocycles. The highest BCUT2D eigenvalue weighted by Gasteiger charge is 2.25. The van der Waals surface area contributed by atoms with Gasteiger partial charge in [0.1, 0.15) is 0 Å². The fourth-order valence-electron chi connectivity index (χ4n) is 3.22. The van der Waals surface area contributed by atoms with Crippen molar-refractivity contribution in [1.29, 1.82) is 0 Å². The zero-order valence-corrected chi connectivity index (χ0v) is 12.4. The minimum absolute atomic E-state index is 0.797. The predicted molar refractivity (Wildman–Crippen MR) is 77.4 cm³/mol. The van der Waals surface area contributed by atoms with E-state index in [2.05, 4.69) is 11.4 Å². The summed E-state index contributed by atoms with van der Waals surface area (Å²) in [5.74, 6) is 0. The van der Waals surface area contributed by atoms with Crippen LogP contribution in [0.2, 0.25) is 0 Å². The molecule has 2 N–H and O–H groups in total. The number of carbonyl (C=O) groups excluding carboxylic acids is 1. The average molecular weight is 315 g/mol. The van der Waals surface area contributed by atoms with Gasteiger partial charge in [-0.15, -0.1) is 0 Å². The van der Waals surface area contributed by atoms with Gasteiger partial charge >= 0.3 is 15.3 Å². The summed E-state index contributed by atoms with van der Waals surface area (Å²) < 4.78 is 23.5. The molecule has 0 aromatic heterocycles. The van der Waals surface area contributed by atoms with Crippen molar-refractivity contribution >= 4 is 31.6 Å². The van der Waals surface area contributed by atoms with Gasteiger partial charge in [0.15, 0.2) is 0 Å². The topological polar surface area (TPSA) is 75.3 Å². The molecule has 1 aromatic carbocycles. The smallest absolute Gasteiger partial charge is 0.307 e. The van der Waals surface area contributed by atoms with E-state index in [1.54, 1.807) is 4.72 Å². The molecule has 2 amide bonds. The Labute approximate surface area is 122 Å². The third-order valence-electron chi connectivity index (χ3n) is 3.93. The monoisotopic (exact) mass is 314 g/mol. The lowest BCUT2D eigenvalue weighted by Gasteiger charge is -2.15. The number of aryl methyl sites for hydroxylation is 2. The largest absolute Gasteiger partial charge is 0.333 e. The fourth-order valence-corrected chi connectivity index (χ4v) is 3.70. The lowest BCUT2D eigenvalue weighted by Crippen LogP contribution is -2.32. The Hall–Kier alpha value is -1.27. The molecule has 0 atom stereocenters. The molecule has 2 aliphatic rings. The van der Waals surface area contributed by atoms with Crippen molar-refractivity contribution in [3.63, 3.8) is 0 Å². The maximum Gasteiger partial charge on any atom is 0.333 e. The number of amides is 2. The van der Waals surface area contributed by atoms with Crippen LogP contribution in [0, 0.1) is 0 Å². The first-order chi connectivity index (χ1) is 9.44. The minimum Gasteiger partial charge on any atom is -0.307 e. The Morgan fingerprint density at radius 2 is 1.60 bits per heavy atom. The van der Waals surface area contributed by atoms with E-state index < -0.39 is 15.3 Å². The molecule has 2 aliphatic carbocycles. The Morgan fingerprint density at radius 1 is 1.05 bits per heavy atom. The van der Waals surface area contributed by atoms with Crippen molar-refractivity contribution in [2.45, 2.75) is 38.5 Å². The molecule has 0 saturated heterocycles. The molecule has 108 valence electrons. The van der Waals surface area contributed by atoms with E-state index in [0.29, 0.717) is 0 Å². The van der Waals surface area contributed by atoms with Crippen LogP contribution >= 0.6 is 10.7 Å². The number of benzene rings is 1. The molecule has 5 nitrogen and oxygen atoms in total. The summed E-state index contributed by atoms with van der Waals surface area (Å²) in [4.78, 5) is 11.7. The molecule has 0 bridgehead atoms. The van der Waals surface area contributed by atoms with Crippen LogP contribution in [-0.2, 0) is 34.9 Å². The highest BCUT2D eigenvalue weighted by molar-refractivity contribution is 8.12. The Morgan fingerprint density at radius 3 is 2.10 bits per heavy atom. The van der Waals surface area contributed by atoms with Crippen molar-refractivity contribution in [1.82, 2.24) is 4.72 Å². The van der Waals surface area contributed by atoms with E-state index in [9.17, 15) is 13.2 Å². The number of urea groups is 1. The van der Waals surface area contributed by atoms with E-state index in [1.807, 2.05) is 0 Å². The van der Waals surface area contributed by atoms with Gasteiger partial charge < -0.3 is 5.32 Å². The molecule has 0 radical (unpaired) electrons. The number of carbonyl (C=O) groups is 1. The van der Waals surface area contributed by atoms with Crippen LogP contribution in [0.25, 0.3) is 0 Å². The number of hydrogen-bond acceptors (Lipinski definition) is 3. The SMILES string of the molecule is O=C(Nc1c2c(cc3c1CCC3)CCC2)NS(=O)(=O)Cl. The zero-order valence-electron chi connectivity index (χ0n) is 10.8. The summed E-state index contributed by atoms with van der Waals surface area (Å²) in [7, 11) is 0.968. The van der Waals surface area contributed by atoms with Gasteiger partial charge in [-0.3, -0.25) is 0 Å². The number of halogens is 1. The second-order valence-electron chi connectivity index (χ2n) is 5.23. The van der Waals surface area contributed by atoms with Gasteiger partial charge in [0.05, 0.1) is 0 Å². The molecule has 0 unspecified atom stereocenters. The maximum absolute atomic E-state index is 11.7. The van der Waals surface area contributed by atoms with E-state index in [-0.39, 0.29) is 0 Å². The molecule has 20 heavy (non-hydrogen) atoms. The number of rotatable bonds is 2. The fraction of sp³-hybridized carbons (Fsp3) is 0.462. The maximum atomic E-state index is 11.7. The van der Waals surface area contributed by atoms with Gasteiger partial charge in [-0.05, 0) is 60.8 Å². The summed E-state index contributed by atoms with van der Waals surface area (Å²) in [5.41, 5.74) is 5.63. The van der Waals surface area contributed by atoms with Crippen LogP contribution in [0.4, 0.5) is 10.5 Å². The lowest BCUT2D eigenvalue weighted by molar-refractivity contribution is 0.256. The second-order valence-corrected chi connectivity index (χ2v) is 7.53. The first-order valence-corrected chi connectivity index (χ1v) is 8.95. The van der Waals surface area contributed by atoms with Gasteiger partial charge in [0.25, 0.3) is 0 Å². The van der Waals surface area contributed by atoms with Crippen LogP contribution < -0.4 is 10.0 Å². The van der Waals surface area contributed by atoms with E-state index >= 15 is 0 Å². The number of fused-ring (bicyclic) bond motifs is 2. The minimum atomic E-state index is -4.06. The van der Waals surface area contributed by atoms with E-state index in [4.69, 9.17) is 10.7 Å². The lowest BCUT2D eigenvalue weighted by atomic mass is 9.99. The van der Waals surface area contributed by atoms with Crippen LogP contribution in [0.3, 0.4) is 0 Å². The molecule has 7 heteroatoms. The van der Waals surface area contributed by atoms with Crippen molar-refractivity contribution in [3.05, 3.63) is 28.3 Å². The van der Waals surface area contributed by atoms with Crippen LogP contribution in [0.1, 0.15) is 35.1 Å². The van der Waals surface area contributed by atoms with Gasteiger partial charge in [-0.2, -0.15) is 8.42 Å². The van der Waals surface area contributed by atoms with Gasteiger partial charge in [0, 0.05) is 16.4 Å². The molecular formula is C13H15ClN2O3S. The average Bonchev–Trinajstić information content (AvgIpc) is 2.93. The van der Waals surface area contributed by atoms with Gasteiger partial charge in [0.2, 0.25) is 0 Å². The predicted octanol–water partition coefficient (Wildman–Crippen LogP) is 2.27. The summed E-state index contributed by atoms with van der Waals surface area (Å²) in [6, 6.07) is 1.45. The normalized spacial score (nSPS) is 16.6. The highest BCUT2D eigenvalue weighted by atomic mass is 35.7. The molecule has 3 rings (SSSR count). The van der Waals surface area contributed by atoms with E-state index in [0.717, 1.165) is 55.3 Å². The Kier molecular flexibility index (Phi) is 3.38. The summed E-state index contributed by atoms with van der Waals surface area (Å²) in [6.07, 6.45) is 6.03. The van der Waals surface area contributed by atoms with Crippen molar-refractivity contribution in [2.75, 3.05) is 5.32 Å². The molecule has 1 aromatic rings. The second kappa shape index (κ2) is 4.93. The Balaban J connectivity index is 1.95. The van der Waals surface area contributed by atoms with Crippen LogP contribution in [0.5, 0.6) is 0 Å². The molecular weight excluding hydrogens is 300 g/mol. The van der Waals surface area contributed by atoms with E-state index in [1.165, 1.54) is 11.1 Å². The standard InChI is InChI=1S/C13H15ClN2O3S/c14-20(18,19)16-13(17)15-12-10-5-1-3-8(10)7-9-4-2-6-11(9)12/h7H,1-6H2,(H2,15,16,17). The number of anilines is 1. The van der Waals surface area contributed by atoms with Crippen molar-refractivity contribution in [3.8, 4) is 0 Å². The molecule has 0 spiro atoms. The summed E-state index contributed by atoms with van der Waals surface area (Å²) in [5, 5.41) is 2.69. The van der Waals surface area contributed by atoms with Gasteiger partial charge in [-0.25, -0.2) is 9.52 Å². The molecule has 0 fully saturated rings. The van der Waals surface area contributed by atoms with Crippen molar-refractivity contribution in [2.24, 2.45) is 0 Å². The molecule has 0 saturated carbocycles. The third-order valence-corrected chi connectivity index (χ3v) is 4.59. The zero-order chi connectivity index (χ0) is 14.3.